The second-order valence-corrected chi connectivity index (χ2v) is 9.92. The van der Waals surface area contributed by atoms with Crippen LogP contribution in [0.15, 0.2) is 18.2 Å². The van der Waals surface area contributed by atoms with Crippen molar-refractivity contribution in [2.75, 3.05) is 42.6 Å². The summed E-state index contributed by atoms with van der Waals surface area (Å²) in [5, 5.41) is 2.89. The largest absolute Gasteiger partial charge is 0.368 e. The molecular formula is C19H29N3O3S. The zero-order valence-corrected chi connectivity index (χ0v) is 16.7. The van der Waals surface area contributed by atoms with Crippen molar-refractivity contribution in [1.29, 1.82) is 0 Å². The number of carbonyl (C=O) groups excluding carboxylic acids is 1. The maximum Gasteiger partial charge on any atom is 0.317 e. The van der Waals surface area contributed by atoms with Crippen LogP contribution in [0.2, 0.25) is 0 Å². The van der Waals surface area contributed by atoms with Crippen LogP contribution in [0.25, 0.3) is 0 Å². The third-order valence-corrected chi connectivity index (χ3v) is 7.10. The number of amides is 2. The van der Waals surface area contributed by atoms with Crippen molar-refractivity contribution in [3.05, 3.63) is 29.3 Å². The number of nitrogens with zero attached hydrogens (tertiary/aromatic N) is 2. The van der Waals surface area contributed by atoms with Gasteiger partial charge in [-0.25, -0.2) is 13.2 Å². The molecule has 2 aliphatic heterocycles. The van der Waals surface area contributed by atoms with Gasteiger partial charge in [-0.3, -0.25) is 0 Å². The molecule has 2 amide bonds. The number of hydrogen-bond acceptors (Lipinski definition) is 4. The molecule has 0 spiro atoms. The molecular weight excluding hydrogens is 350 g/mol. The standard InChI is InChI=1S/C19H29N3O3S/c1-14(2)17-6-4-5-15(3)18(17)21-8-10-22(11-9-21)19(23)20-16-7-12-26(24,25)13-16/h4-6,14,16H,7-13H2,1-3H3,(H,20,23). The molecule has 1 N–H and O–H groups in total. The molecule has 7 heteroatoms. The number of anilines is 1. The summed E-state index contributed by atoms with van der Waals surface area (Å²) in [6.45, 7) is 9.44. The molecule has 144 valence electrons. The molecule has 1 atom stereocenters. The van der Waals surface area contributed by atoms with Crippen molar-refractivity contribution in [2.45, 2.75) is 39.2 Å². The molecule has 0 saturated carbocycles. The molecule has 1 unspecified atom stereocenters. The summed E-state index contributed by atoms with van der Waals surface area (Å²) >= 11 is 0. The minimum Gasteiger partial charge on any atom is -0.368 e. The fourth-order valence-electron chi connectivity index (χ4n) is 3.89. The normalized spacial score (nSPS) is 22.7. The van der Waals surface area contributed by atoms with Gasteiger partial charge < -0.3 is 15.1 Å². The first-order valence-corrected chi connectivity index (χ1v) is 11.2. The topological polar surface area (TPSA) is 69.7 Å². The average molecular weight is 380 g/mol. The Kier molecular flexibility index (Phi) is 5.46. The molecule has 0 aromatic heterocycles. The van der Waals surface area contributed by atoms with Gasteiger partial charge in [0.05, 0.1) is 11.5 Å². The van der Waals surface area contributed by atoms with Crippen molar-refractivity contribution >= 4 is 21.6 Å². The highest BCUT2D eigenvalue weighted by molar-refractivity contribution is 7.91. The fraction of sp³-hybridized carbons (Fsp3) is 0.632. The van der Waals surface area contributed by atoms with Gasteiger partial charge in [-0.05, 0) is 30.4 Å². The lowest BCUT2D eigenvalue weighted by atomic mass is 9.97. The minimum atomic E-state index is -2.98. The van der Waals surface area contributed by atoms with Gasteiger partial charge in [0.1, 0.15) is 0 Å². The summed E-state index contributed by atoms with van der Waals surface area (Å²) in [5.74, 6) is 0.701. The van der Waals surface area contributed by atoms with Crippen LogP contribution >= 0.6 is 0 Å². The summed E-state index contributed by atoms with van der Waals surface area (Å²) in [6, 6.07) is 6.05. The Balaban J connectivity index is 1.60. The second kappa shape index (κ2) is 7.47. The highest BCUT2D eigenvalue weighted by Gasteiger charge is 2.31. The number of sulfone groups is 1. The number of para-hydroxylation sites is 1. The van der Waals surface area contributed by atoms with E-state index >= 15 is 0 Å². The van der Waals surface area contributed by atoms with E-state index in [9.17, 15) is 13.2 Å². The molecule has 26 heavy (non-hydrogen) atoms. The number of nitrogens with one attached hydrogen (secondary N) is 1. The Morgan fingerprint density at radius 2 is 1.88 bits per heavy atom. The Hall–Kier alpha value is -1.76. The Labute approximate surface area is 156 Å². The first kappa shape index (κ1) is 19.0. The van der Waals surface area contributed by atoms with E-state index in [0.29, 0.717) is 25.4 Å². The first-order chi connectivity index (χ1) is 12.3. The van der Waals surface area contributed by atoms with E-state index in [1.807, 2.05) is 0 Å². The van der Waals surface area contributed by atoms with E-state index in [1.54, 1.807) is 4.90 Å². The molecule has 2 aliphatic rings. The van der Waals surface area contributed by atoms with E-state index in [-0.39, 0.29) is 23.6 Å². The zero-order chi connectivity index (χ0) is 18.9. The summed E-state index contributed by atoms with van der Waals surface area (Å²) in [5.41, 5.74) is 3.91. The molecule has 2 heterocycles. The summed E-state index contributed by atoms with van der Waals surface area (Å²) in [4.78, 5) is 16.6. The van der Waals surface area contributed by atoms with Crippen LogP contribution in [-0.2, 0) is 9.84 Å². The van der Waals surface area contributed by atoms with Crippen LogP contribution in [0.4, 0.5) is 10.5 Å². The highest BCUT2D eigenvalue weighted by atomic mass is 32.2. The van der Waals surface area contributed by atoms with E-state index in [1.165, 1.54) is 16.8 Å². The second-order valence-electron chi connectivity index (χ2n) is 7.69. The van der Waals surface area contributed by atoms with Gasteiger partial charge in [0, 0.05) is 37.9 Å². The van der Waals surface area contributed by atoms with Gasteiger partial charge in [0.25, 0.3) is 0 Å². The number of urea groups is 1. The van der Waals surface area contributed by atoms with Crippen molar-refractivity contribution in [1.82, 2.24) is 10.2 Å². The maximum absolute atomic E-state index is 12.5. The van der Waals surface area contributed by atoms with Crippen LogP contribution in [0.1, 0.15) is 37.3 Å². The van der Waals surface area contributed by atoms with Crippen molar-refractivity contribution in [3.63, 3.8) is 0 Å². The zero-order valence-electron chi connectivity index (χ0n) is 15.9. The number of piperazine rings is 1. The van der Waals surface area contributed by atoms with Gasteiger partial charge in [-0.1, -0.05) is 32.0 Å². The van der Waals surface area contributed by atoms with Gasteiger partial charge in [0.2, 0.25) is 0 Å². The lowest BCUT2D eigenvalue weighted by Crippen LogP contribution is -2.54. The van der Waals surface area contributed by atoms with Gasteiger partial charge in [0.15, 0.2) is 9.84 Å². The van der Waals surface area contributed by atoms with Crippen molar-refractivity contribution in [2.24, 2.45) is 0 Å². The minimum absolute atomic E-state index is 0.0691. The first-order valence-electron chi connectivity index (χ1n) is 9.37. The predicted molar refractivity (Wildman–Crippen MR) is 105 cm³/mol. The van der Waals surface area contributed by atoms with Crippen LogP contribution in [0.3, 0.4) is 0 Å². The predicted octanol–water partition coefficient (Wildman–Crippen LogP) is 2.14. The van der Waals surface area contributed by atoms with Crippen LogP contribution in [0.5, 0.6) is 0 Å². The molecule has 2 fully saturated rings. The van der Waals surface area contributed by atoms with E-state index in [0.717, 1.165) is 13.1 Å². The number of hydrogen-bond donors (Lipinski definition) is 1. The Morgan fingerprint density at radius 1 is 1.19 bits per heavy atom. The Bertz CT molecular complexity index is 768. The van der Waals surface area contributed by atoms with E-state index in [4.69, 9.17) is 0 Å². The van der Waals surface area contributed by atoms with Gasteiger partial charge in [-0.15, -0.1) is 0 Å². The van der Waals surface area contributed by atoms with Gasteiger partial charge >= 0.3 is 6.03 Å². The Morgan fingerprint density at radius 3 is 2.46 bits per heavy atom. The highest BCUT2D eigenvalue weighted by Crippen LogP contribution is 2.31. The molecule has 3 rings (SSSR count). The molecule has 6 nitrogen and oxygen atoms in total. The van der Waals surface area contributed by atoms with E-state index < -0.39 is 9.84 Å². The number of rotatable bonds is 3. The third kappa shape index (κ3) is 4.14. The summed E-state index contributed by atoms with van der Waals surface area (Å²) in [7, 11) is -2.98. The lowest BCUT2D eigenvalue weighted by molar-refractivity contribution is 0.191. The fourth-order valence-corrected chi connectivity index (χ4v) is 5.56. The molecule has 0 aliphatic carbocycles. The van der Waals surface area contributed by atoms with Crippen molar-refractivity contribution < 1.29 is 13.2 Å². The SMILES string of the molecule is Cc1cccc(C(C)C)c1N1CCN(C(=O)NC2CCS(=O)(=O)C2)CC1. The average Bonchev–Trinajstić information content (AvgIpc) is 2.93. The molecule has 2 saturated heterocycles. The molecule has 0 bridgehead atoms. The molecule has 0 radical (unpaired) electrons. The number of aryl methyl sites for hydroxylation is 1. The summed E-state index contributed by atoms with van der Waals surface area (Å²) < 4.78 is 23.1. The van der Waals surface area contributed by atoms with Crippen LogP contribution in [0, 0.1) is 6.92 Å². The maximum atomic E-state index is 12.5. The van der Waals surface area contributed by atoms with Crippen LogP contribution in [-0.4, -0.2) is 63.1 Å². The molecule has 1 aromatic carbocycles. The van der Waals surface area contributed by atoms with Crippen LogP contribution < -0.4 is 10.2 Å². The molecule has 1 aromatic rings. The number of benzene rings is 1. The lowest BCUT2D eigenvalue weighted by Gasteiger charge is -2.38. The monoisotopic (exact) mass is 379 g/mol. The smallest absolute Gasteiger partial charge is 0.317 e. The van der Waals surface area contributed by atoms with E-state index in [2.05, 4.69) is 49.2 Å². The van der Waals surface area contributed by atoms with Crippen molar-refractivity contribution in [3.8, 4) is 0 Å². The summed E-state index contributed by atoms with van der Waals surface area (Å²) in [6.07, 6.45) is 0.523. The number of carbonyl (C=O) groups is 1. The van der Waals surface area contributed by atoms with Gasteiger partial charge in [-0.2, -0.15) is 0 Å². The third-order valence-electron chi connectivity index (χ3n) is 5.33. The quantitative estimate of drug-likeness (QED) is 0.874.